The van der Waals surface area contributed by atoms with E-state index < -0.39 is 0 Å². The first-order valence-corrected chi connectivity index (χ1v) is 8.00. The van der Waals surface area contributed by atoms with Crippen LogP contribution in [0.4, 0.5) is 0 Å². The topological polar surface area (TPSA) is 58.6 Å². The number of aliphatic hydroxyl groups is 1. The Bertz CT molecular complexity index is 346. The second kappa shape index (κ2) is 6.02. The molecule has 0 bridgehead atoms. The molecule has 0 aromatic carbocycles. The highest BCUT2D eigenvalue weighted by molar-refractivity contribution is 5.83. The predicted octanol–water partition coefficient (Wildman–Crippen LogP) is 2.39. The van der Waals surface area contributed by atoms with E-state index in [0.29, 0.717) is 0 Å². The molecule has 20 heavy (non-hydrogen) atoms. The Morgan fingerprint density at radius 2 is 1.95 bits per heavy atom. The van der Waals surface area contributed by atoms with Crippen LogP contribution in [0.1, 0.15) is 65.7 Å². The molecule has 1 saturated carbocycles. The number of amides is 1. The summed E-state index contributed by atoms with van der Waals surface area (Å²) in [5, 5.41) is 12.9. The summed E-state index contributed by atoms with van der Waals surface area (Å²) in [4.78, 5) is 12.7. The monoisotopic (exact) mass is 283 g/mol. The van der Waals surface area contributed by atoms with Crippen LogP contribution in [-0.4, -0.2) is 35.4 Å². The summed E-state index contributed by atoms with van der Waals surface area (Å²) in [5.74, 6) is 0.189. The van der Waals surface area contributed by atoms with Gasteiger partial charge in [-0.1, -0.05) is 6.92 Å². The van der Waals surface area contributed by atoms with Crippen LogP contribution in [0.15, 0.2) is 0 Å². The number of rotatable bonds is 3. The van der Waals surface area contributed by atoms with Gasteiger partial charge in [0.15, 0.2) is 0 Å². The summed E-state index contributed by atoms with van der Waals surface area (Å²) in [6, 6.07) is 0.224. The molecule has 1 aliphatic carbocycles. The lowest BCUT2D eigenvalue weighted by molar-refractivity contribution is -0.137. The van der Waals surface area contributed by atoms with Gasteiger partial charge in [-0.2, -0.15) is 0 Å². The molecule has 2 rings (SSSR count). The molecule has 1 aliphatic heterocycles. The molecule has 1 amide bonds. The number of hydrogen-bond donors (Lipinski definition) is 2. The highest BCUT2D eigenvalue weighted by Crippen LogP contribution is 2.40. The lowest BCUT2D eigenvalue weighted by atomic mass is 9.70. The third-order valence-electron chi connectivity index (χ3n) is 5.10. The fourth-order valence-corrected chi connectivity index (χ4v) is 3.59. The van der Waals surface area contributed by atoms with E-state index >= 15 is 0 Å². The third kappa shape index (κ3) is 3.53. The van der Waals surface area contributed by atoms with Crippen molar-refractivity contribution in [3.05, 3.63) is 0 Å². The van der Waals surface area contributed by atoms with Crippen molar-refractivity contribution < 1.29 is 14.6 Å². The summed E-state index contributed by atoms with van der Waals surface area (Å²) in [7, 11) is 0. The van der Waals surface area contributed by atoms with Crippen LogP contribution in [0.3, 0.4) is 0 Å². The zero-order valence-corrected chi connectivity index (χ0v) is 13.1. The van der Waals surface area contributed by atoms with Crippen LogP contribution in [0, 0.1) is 5.41 Å². The first-order valence-electron chi connectivity index (χ1n) is 8.00. The van der Waals surface area contributed by atoms with Crippen LogP contribution in [0.5, 0.6) is 0 Å². The normalized spacial score (nSPS) is 37.4. The number of ether oxygens (including phenoxy) is 1. The minimum Gasteiger partial charge on any atom is -0.393 e. The van der Waals surface area contributed by atoms with Gasteiger partial charge in [0.05, 0.1) is 11.7 Å². The highest BCUT2D eigenvalue weighted by Gasteiger charge is 2.41. The fraction of sp³-hybridized carbons (Fsp3) is 0.938. The molecule has 4 heteroatoms. The summed E-state index contributed by atoms with van der Waals surface area (Å²) < 4.78 is 5.70. The Hall–Kier alpha value is -0.610. The van der Waals surface area contributed by atoms with E-state index in [1.165, 1.54) is 0 Å². The number of carbonyl (C=O) groups is 1. The van der Waals surface area contributed by atoms with Gasteiger partial charge >= 0.3 is 0 Å². The van der Waals surface area contributed by atoms with E-state index in [2.05, 4.69) is 26.1 Å². The Morgan fingerprint density at radius 1 is 1.30 bits per heavy atom. The van der Waals surface area contributed by atoms with Gasteiger partial charge in [0, 0.05) is 18.1 Å². The molecule has 4 nitrogen and oxygen atoms in total. The molecular weight excluding hydrogens is 254 g/mol. The molecule has 1 atom stereocenters. The van der Waals surface area contributed by atoms with Gasteiger partial charge in [-0.15, -0.1) is 0 Å². The second-order valence-electron chi connectivity index (χ2n) is 7.14. The molecule has 0 spiro atoms. The van der Waals surface area contributed by atoms with Crippen LogP contribution in [0.25, 0.3) is 0 Å². The SMILES string of the molecule is CCC1(C(=O)N[C@@H]2CCOC(C)(C)C2)CCC(O)CC1. The number of nitrogens with one attached hydrogen (secondary N) is 1. The Balaban J connectivity index is 1.96. The molecule has 1 saturated heterocycles. The summed E-state index contributed by atoms with van der Waals surface area (Å²) >= 11 is 0. The van der Waals surface area contributed by atoms with Crippen molar-refractivity contribution in [2.75, 3.05) is 6.61 Å². The molecular formula is C16H29NO3. The maximum atomic E-state index is 12.7. The standard InChI is InChI=1S/C16H29NO3/c1-4-16(8-5-13(18)6-9-16)14(19)17-12-7-10-20-15(2,3)11-12/h12-13,18H,4-11H2,1-3H3,(H,17,19)/t12-,13?,16?/m1/s1. The van der Waals surface area contributed by atoms with Gasteiger partial charge in [0.25, 0.3) is 0 Å². The predicted molar refractivity (Wildman–Crippen MR) is 78.4 cm³/mol. The van der Waals surface area contributed by atoms with E-state index in [0.717, 1.165) is 51.6 Å². The van der Waals surface area contributed by atoms with Crippen LogP contribution >= 0.6 is 0 Å². The summed E-state index contributed by atoms with van der Waals surface area (Å²) in [6.45, 7) is 6.97. The zero-order valence-electron chi connectivity index (χ0n) is 13.1. The van der Waals surface area contributed by atoms with Crippen molar-refractivity contribution in [3.63, 3.8) is 0 Å². The second-order valence-corrected chi connectivity index (χ2v) is 7.14. The van der Waals surface area contributed by atoms with Gasteiger partial charge in [-0.05, 0) is 58.8 Å². The quantitative estimate of drug-likeness (QED) is 0.836. The molecule has 2 N–H and O–H groups in total. The van der Waals surface area contributed by atoms with Gasteiger partial charge < -0.3 is 15.2 Å². The van der Waals surface area contributed by atoms with Crippen LogP contribution in [0.2, 0.25) is 0 Å². The van der Waals surface area contributed by atoms with Crippen molar-refractivity contribution in [2.24, 2.45) is 5.41 Å². The third-order valence-corrected chi connectivity index (χ3v) is 5.10. The summed E-state index contributed by atoms with van der Waals surface area (Å²) in [6.07, 6.45) is 5.54. The highest BCUT2D eigenvalue weighted by atomic mass is 16.5. The van der Waals surface area contributed by atoms with Crippen molar-refractivity contribution in [3.8, 4) is 0 Å². The van der Waals surface area contributed by atoms with Gasteiger partial charge in [0.2, 0.25) is 5.91 Å². The van der Waals surface area contributed by atoms with Crippen LogP contribution in [-0.2, 0) is 9.53 Å². The Labute approximate surface area is 122 Å². The van der Waals surface area contributed by atoms with E-state index in [1.54, 1.807) is 0 Å². The van der Waals surface area contributed by atoms with Crippen molar-refractivity contribution in [1.29, 1.82) is 0 Å². The minimum absolute atomic E-state index is 0.141. The molecule has 0 aromatic heterocycles. The average molecular weight is 283 g/mol. The largest absolute Gasteiger partial charge is 0.393 e. The first-order chi connectivity index (χ1) is 9.37. The lowest BCUT2D eigenvalue weighted by Crippen LogP contribution is -2.51. The molecule has 2 fully saturated rings. The van der Waals surface area contributed by atoms with E-state index in [9.17, 15) is 9.90 Å². The molecule has 0 radical (unpaired) electrons. The smallest absolute Gasteiger partial charge is 0.226 e. The number of aliphatic hydroxyl groups excluding tert-OH is 1. The molecule has 0 aromatic rings. The van der Waals surface area contributed by atoms with E-state index in [4.69, 9.17) is 4.74 Å². The molecule has 2 aliphatic rings. The zero-order chi connectivity index (χ0) is 14.8. The molecule has 1 heterocycles. The van der Waals surface area contributed by atoms with Crippen molar-refractivity contribution >= 4 is 5.91 Å². The maximum absolute atomic E-state index is 12.7. The molecule has 116 valence electrons. The maximum Gasteiger partial charge on any atom is 0.226 e. The Kier molecular flexibility index (Phi) is 4.75. The number of hydrogen-bond acceptors (Lipinski definition) is 3. The Morgan fingerprint density at radius 3 is 2.50 bits per heavy atom. The minimum atomic E-state index is -0.262. The van der Waals surface area contributed by atoms with Crippen molar-refractivity contribution in [1.82, 2.24) is 5.32 Å². The van der Waals surface area contributed by atoms with Gasteiger partial charge in [0.1, 0.15) is 0 Å². The average Bonchev–Trinajstić information content (AvgIpc) is 2.38. The fourth-order valence-electron chi connectivity index (χ4n) is 3.59. The number of carbonyl (C=O) groups excluding carboxylic acids is 1. The first kappa shape index (κ1) is 15.8. The lowest BCUT2D eigenvalue weighted by Gasteiger charge is -2.40. The molecule has 0 unspecified atom stereocenters. The van der Waals surface area contributed by atoms with Gasteiger partial charge in [-0.3, -0.25) is 4.79 Å². The summed E-state index contributed by atoms with van der Waals surface area (Å²) in [5.41, 5.74) is -0.403. The van der Waals surface area contributed by atoms with E-state index in [1.807, 2.05) is 0 Å². The van der Waals surface area contributed by atoms with Crippen molar-refractivity contribution in [2.45, 2.75) is 83.5 Å². The van der Waals surface area contributed by atoms with E-state index in [-0.39, 0.29) is 29.1 Å². The van der Waals surface area contributed by atoms with Crippen LogP contribution < -0.4 is 5.32 Å². The van der Waals surface area contributed by atoms with Gasteiger partial charge in [-0.25, -0.2) is 0 Å².